The second-order valence-corrected chi connectivity index (χ2v) is 8.19. The number of aromatic nitrogens is 1. The van der Waals surface area contributed by atoms with E-state index in [2.05, 4.69) is 15.6 Å². The summed E-state index contributed by atoms with van der Waals surface area (Å²) in [5.74, 6) is -1.17. The van der Waals surface area contributed by atoms with Crippen molar-refractivity contribution in [2.45, 2.75) is 6.42 Å². The van der Waals surface area contributed by atoms with Gasteiger partial charge in [0.1, 0.15) is 12.2 Å². The van der Waals surface area contributed by atoms with Gasteiger partial charge in [-0.25, -0.2) is 14.7 Å². The molecule has 4 rings (SSSR count). The highest BCUT2D eigenvalue weighted by molar-refractivity contribution is 7.15. The number of nitro benzene ring substituents is 1. The van der Waals surface area contributed by atoms with Gasteiger partial charge in [0.05, 0.1) is 4.92 Å². The molecule has 11 heteroatoms. The van der Waals surface area contributed by atoms with Crippen molar-refractivity contribution < 1.29 is 19.3 Å². The van der Waals surface area contributed by atoms with Crippen molar-refractivity contribution in [2.24, 2.45) is 0 Å². The SMILES string of the molecule is O=C(CN1C(=O)N/C(=C\c2ccccc2)C1=O)Nc1ncc(Cc2cccc([N+](=O)[O-])c2)s1. The maximum Gasteiger partial charge on any atom is 0.329 e. The van der Waals surface area contributed by atoms with Gasteiger partial charge in [-0.05, 0) is 17.2 Å². The molecule has 10 nitrogen and oxygen atoms in total. The minimum absolute atomic E-state index is 0.000202. The first-order chi connectivity index (χ1) is 15.9. The van der Waals surface area contributed by atoms with Gasteiger partial charge in [0.2, 0.25) is 5.91 Å². The maximum absolute atomic E-state index is 12.5. The standard InChI is InChI=1S/C22H17N5O5S/c28-19(13-26-20(29)18(24-22(26)30)11-14-5-2-1-3-6-14)25-21-23-12-17(33-21)10-15-7-4-8-16(9-15)27(31)32/h1-9,11-12H,10,13H2,(H,24,30)(H,23,25,28)/b18-11-. The average molecular weight is 463 g/mol. The number of amides is 4. The van der Waals surface area contributed by atoms with Crippen molar-refractivity contribution in [3.05, 3.63) is 92.6 Å². The van der Waals surface area contributed by atoms with E-state index in [1.807, 2.05) is 6.07 Å². The fraction of sp³-hybridized carbons (Fsp3) is 0.0909. The van der Waals surface area contributed by atoms with Crippen LogP contribution in [0.4, 0.5) is 15.6 Å². The zero-order valence-electron chi connectivity index (χ0n) is 17.1. The lowest BCUT2D eigenvalue weighted by Crippen LogP contribution is -2.38. The minimum Gasteiger partial charge on any atom is -0.303 e. The van der Waals surface area contributed by atoms with Crippen LogP contribution in [0.2, 0.25) is 0 Å². The van der Waals surface area contributed by atoms with Crippen LogP contribution in [0.1, 0.15) is 16.0 Å². The molecule has 2 aromatic carbocycles. The predicted molar refractivity (Wildman–Crippen MR) is 121 cm³/mol. The molecule has 1 aliphatic heterocycles. The van der Waals surface area contributed by atoms with Crippen LogP contribution in [0.25, 0.3) is 6.08 Å². The molecule has 1 saturated heterocycles. The summed E-state index contributed by atoms with van der Waals surface area (Å²) in [6.07, 6.45) is 3.52. The van der Waals surface area contributed by atoms with E-state index in [1.165, 1.54) is 23.5 Å². The van der Waals surface area contributed by atoms with E-state index in [4.69, 9.17) is 0 Å². The molecule has 4 amide bonds. The van der Waals surface area contributed by atoms with Crippen LogP contribution >= 0.6 is 11.3 Å². The van der Waals surface area contributed by atoms with Crippen LogP contribution in [-0.2, 0) is 16.0 Å². The van der Waals surface area contributed by atoms with Crippen LogP contribution in [0.15, 0.2) is 66.5 Å². The van der Waals surface area contributed by atoms with Gasteiger partial charge in [-0.1, -0.05) is 42.5 Å². The van der Waals surface area contributed by atoms with Gasteiger partial charge < -0.3 is 10.6 Å². The summed E-state index contributed by atoms with van der Waals surface area (Å²) in [4.78, 5) is 53.3. The molecule has 2 heterocycles. The highest BCUT2D eigenvalue weighted by Crippen LogP contribution is 2.23. The van der Waals surface area contributed by atoms with E-state index in [0.29, 0.717) is 11.6 Å². The largest absolute Gasteiger partial charge is 0.329 e. The fourth-order valence-electron chi connectivity index (χ4n) is 3.16. The Labute approximate surface area is 191 Å². The number of thiazole rings is 1. The van der Waals surface area contributed by atoms with Crippen molar-refractivity contribution >= 4 is 46.1 Å². The molecule has 0 saturated carbocycles. The molecule has 0 spiro atoms. The topological polar surface area (TPSA) is 135 Å². The van der Waals surface area contributed by atoms with Gasteiger partial charge in [-0.2, -0.15) is 0 Å². The van der Waals surface area contributed by atoms with Crippen LogP contribution < -0.4 is 10.6 Å². The lowest BCUT2D eigenvalue weighted by atomic mass is 10.1. The molecule has 3 aromatic rings. The summed E-state index contributed by atoms with van der Waals surface area (Å²) in [7, 11) is 0. The Morgan fingerprint density at radius 1 is 1.18 bits per heavy atom. The number of benzene rings is 2. The summed E-state index contributed by atoms with van der Waals surface area (Å²) in [6, 6.07) is 14.6. The molecular weight excluding hydrogens is 446 g/mol. The number of non-ortho nitro benzene ring substituents is 1. The van der Waals surface area contributed by atoms with Gasteiger partial charge in [0.15, 0.2) is 5.13 Å². The second-order valence-electron chi connectivity index (χ2n) is 7.07. The van der Waals surface area contributed by atoms with Gasteiger partial charge in [0, 0.05) is 29.6 Å². The number of anilines is 1. The molecule has 0 bridgehead atoms. The number of carbonyl (C=O) groups excluding carboxylic acids is 3. The number of rotatable bonds is 7. The van der Waals surface area contributed by atoms with E-state index in [9.17, 15) is 24.5 Å². The Balaban J connectivity index is 1.36. The second kappa shape index (κ2) is 9.40. The number of carbonyl (C=O) groups is 3. The van der Waals surface area contributed by atoms with E-state index in [1.54, 1.807) is 48.7 Å². The van der Waals surface area contributed by atoms with E-state index < -0.39 is 29.3 Å². The van der Waals surface area contributed by atoms with Crippen LogP contribution in [0, 0.1) is 10.1 Å². The van der Waals surface area contributed by atoms with Crippen molar-refractivity contribution in [1.82, 2.24) is 15.2 Å². The maximum atomic E-state index is 12.5. The number of nitrogens with zero attached hydrogens (tertiary/aromatic N) is 3. The third-order valence-electron chi connectivity index (χ3n) is 4.67. The van der Waals surface area contributed by atoms with Crippen molar-refractivity contribution in [3.8, 4) is 0 Å². The molecule has 166 valence electrons. The number of nitrogens with one attached hydrogen (secondary N) is 2. The molecule has 0 radical (unpaired) electrons. The lowest BCUT2D eigenvalue weighted by molar-refractivity contribution is -0.384. The quantitative estimate of drug-likeness (QED) is 0.239. The molecule has 1 aliphatic rings. The molecule has 1 aromatic heterocycles. The summed E-state index contributed by atoms with van der Waals surface area (Å²) in [6.45, 7) is -0.462. The molecule has 0 atom stereocenters. The van der Waals surface area contributed by atoms with E-state index in [0.717, 1.165) is 20.9 Å². The molecule has 0 aliphatic carbocycles. The first-order valence-electron chi connectivity index (χ1n) is 9.76. The van der Waals surface area contributed by atoms with Crippen molar-refractivity contribution in [3.63, 3.8) is 0 Å². The number of nitro groups is 1. The zero-order valence-corrected chi connectivity index (χ0v) is 17.9. The predicted octanol–water partition coefficient (Wildman–Crippen LogP) is 3.17. The van der Waals surface area contributed by atoms with Crippen molar-refractivity contribution in [2.75, 3.05) is 11.9 Å². The lowest BCUT2D eigenvalue weighted by Gasteiger charge is -2.10. The monoisotopic (exact) mass is 463 g/mol. The third kappa shape index (κ3) is 5.28. The normalized spacial score (nSPS) is 14.4. The molecule has 0 unspecified atom stereocenters. The molecular formula is C22H17N5O5S. The Morgan fingerprint density at radius 3 is 2.73 bits per heavy atom. The van der Waals surface area contributed by atoms with Gasteiger partial charge in [0.25, 0.3) is 11.6 Å². The first-order valence-corrected chi connectivity index (χ1v) is 10.6. The summed E-state index contributed by atoms with van der Waals surface area (Å²) < 4.78 is 0. The Hall–Kier alpha value is -4.38. The Morgan fingerprint density at radius 2 is 1.97 bits per heavy atom. The Bertz CT molecular complexity index is 1270. The van der Waals surface area contributed by atoms with Crippen LogP contribution in [0.3, 0.4) is 0 Å². The first kappa shape index (κ1) is 21.8. The molecule has 33 heavy (non-hydrogen) atoms. The summed E-state index contributed by atoms with van der Waals surface area (Å²) >= 11 is 1.20. The molecule has 2 N–H and O–H groups in total. The number of imide groups is 1. The van der Waals surface area contributed by atoms with E-state index >= 15 is 0 Å². The minimum atomic E-state index is -0.678. The van der Waals surface area contributed by atoms with Gasteiger partial charge >= 0.3 is 6.03 Å². The number of hydrogen-bond donors (Lipinski definition) is 2. The van der Waals surface area contributed by atoms with Crippen LogP contribution in [-0.4, -0.2) is 39.2 Å². The average Bonchev–Trinajstić information content (AvgIpc) is 3.33. The Kier molecular flexibility index (Phi) is 6.22. The van der Waals surface area contributed by atoms with E-state index in [-0.39, 0.29) is 11.4 Å². The van der Waals surface area contributed by atoms with Gasteiger partial charge in [-0.3, -0.25) is 19.7 Å². The number of urea groups is 1. The van der Waals surface area contributed by atoms with Gasteiger partial charge in [-0.15, -0.1) is 11.3 Å². The molecule has 1 fully saturated rings. The van der Waals surface area contributed by atoms with Crippen molar-refractivity contribution in [1.29, 1.82) is 0 Å². The fourth-order valence-corrected chi connectivity index (χ4v) is 4.02. The third-order valence-corrected chi connectivity index (χ3v) is 5.59. The smallest absolute Gasteiger partial charge is 0.303 e. The van der Waals surface area contributed by atoms with Crippen LogP contribution in [0.5, 0.6) is 0 Å². The summed E-state index contributed by atoms with van der Waals surface area (Å²) in [5, 5.41) is 16.3. The highest BCUT2D eigenvalue weighted by atomic mass is 32.1. The number of hydrogen-bond acceptors (Lipinski definition) is 7. The highest BCUT2D eigenvalue weighted by Gasteiger charge is 2.35. The summed E-state index contributed by atoms with van der Waals surface area (Å²) in [5.41, 5.74) is 1.57. The zero-order chi connectivity index (χ0) is 23.4.